The summed E-state index contributed by atoms with van der Waals surface area (Å²) in [5.41, 5.74) is 0. The van der Waals surface area contributed by atoms with Crippen molar-refractivity contribution in [1.82, 2.24) is 0 Å². The molecule has 1 heteroatoms. The summed E-state index contributed by atoms with van der Waals surface area (Å²) in [5.74, 6) is 1.55. The van der Waals surface area contributed by atoms with Crippen LogP contribution in [0.25, 0.3) is 0 Å². The van der Waals surface area contributed by atoms with E-state index in [1.807, 2.05) is 0 Å². The van der Waals surface area contributed by atoms with Crippen molar-refractivity contribution in [2.24, 2.45) is 0 Å². The molecule has 0 amide bonds. The molecule has 0 rings (SSSR count). The predicted octanol–water partition coefficient (Wildman–Crippen LogP) is 3.17. The standard InChI is InChI=1S/C7H14Br/c1-7(2)5-3-4-6-8/h3-6H2,1-2H3. The van der Waals surface area contributed by atoms with Gasteiger partial charge in [-0.25, -0.2) is 0 Å². The summed E-state index contributed by atoms with van der Waals surface area (Å²) in [6.45, 7) is 4.38. The number of rotatable bonds is 4. The highest BCUT2D eigenvalue weighted by molar-refractivity contribution is 9.09. The first-order chi connectivity index (χ1) is 3.77. The Morgan fingerprint density at radius 1 is 1.25 bits per heavy atom. The molecule has 0 saturated heterocycles. The van der Waals surface area contributed by atoms with E-state index >= 15 is 0 Å². The van der Waals surface area contributed by atoms with Crippen molar-refractivity contribution < 1.29 is 0 Å². The molecule has 0 aromatic carbocycles. The van der Waals surface area contributed by atoms with Gasteiger partial charge in [-0.3, -0.25) is 0 Å². The molecule has 0 aliphatic rings. The molecular weight excluding hydrogens is 164 g/mol. The van der Waals surface area contributed by atoms with Crippen molar-refractivity contribution in [2.75, 3.05) is 5.33 Å². The molecular formula is C7H14Br. The fraction of sp³-hybridized carbons (Fsp3) is 0.857. The Bertz CT molecular complexity index is 41.7. The zero-order chi connectivity index (χ0) is 6.41. The lowest BCUT2D eigenvalue weighted by atomic mass is 10.1. The maximum Gasteiger partial charge on any atom is 0.00313 e. The van der Waals surface area contributed by atoms with Gasteiger partial charge in [-0.2, -0.15) is 0 Å². The highest BCUT2D eigenvalue weighted by Gasteiger charge is 1.91. The highest BCUT2D eigenvalue weighted by Crippen LogP contribution is 2.08. The minimum Gasteiger partial charge on any atom is -0.0928 e. The Morgan fingerprint density at radius 2 is 1.88 bits per heavy atom. The first-order valence-corrected chi connectivity index (χ1v) is 4.24. The first-order valence-electron chi connectivity index (χ1n) is 3.12. The normalized spacial score (nSPS) is 10.5. The molecule has 1 radical (unpaired) electrons. The van der Waals surface area contributed by atoms with E-state index in [0.29, 0.717) is 0 Å². The Kier molecular flexibility index (Phi) is 5.95. The number of halogens is 1. The number of hydrogen-bond donors (Lipinski definition) is 0. The SMILES string of the molecule is C[C](C)CCCCBr. The smallest absolute Gasteiger partial charge is 0.00313 e. The lowest BCUT2D eigenvalue weighted by Crippen LogP contribution is -1.84. The average Bonchev–Trinajstić information content (AvgIpc) is 1.66. The first kappa shape index (κ1) is 8.48. The summed E-state index contributed by atoms with van der Waals surface area (Å²) >= 11 is 3.39. The van der Waals surface area contributed by atoms with E-state index in [1.54, 1.807) is 5.92 Å². The fourth-order valence-corrected chi connectivity index (χ4v) is 0.970. The van der Waals surface area contributed by atoms with E-state index in [0.717, 1.165) is 5.33 Å². The van der Waals surface area contributed by atoms with Crippen LogP contribution in [0.15, 0.2) is 0 Å². The van der Waals surface area contributed by atoms with Crippen LogP contribution in [0.5, 0.6) is 0 Å². The lowest BCUT2D eigenvalue weighted by molar-refractivity contribution is 0.736. The number of hydrogen-bond acceptors (Lipinski definition) is 0. The van der Waals surface area contributed by atoms with Crippen molar-refractivity contribution in [3.8, 4) is 0 Å². The molecule has 0 aromatic rings. The molecule has 0 N–H and O–H groups in total. The summed E-state index contributed by atoms with van der Waals surface area (Å²) in [6, 6.07) is 0. The monoisotopic (exact) mass is 177 g/mol. The molecule has 8 heavy (non-hydrogen) atoms. The van der Waals surface area contributed by atoms with Crippen molar-refractivity contribution in [3.63, 3.8) is 0 Å². The molecule has 0 spiro atoms. The second-order valence-electron chi connectivity index (χ2n) is 2.35. The third-order valence-electron chi connectivity index (χ3n) is 1.06. The van der Waals surface area contributed by atoms with Crippen molar-refractivity contribution in [2.45, 2.75) is 33.1 Å². The number of unbranched alkanes of at least 4 members (excludes halogenated alkanes) is 1. The maximum absolute atomic E-state index is 3.39. The molecule has 0 heterocycles. The van der Waals surface area contributed by atoms with Crippen LogP contribution in [0.3, 0.4) is 0 Å². The van der Waals surface area contributed by atoms with Crippen molar-refractivity contribution in [1.29, 1.82) is 0 Å². The zero-order valence-corrected chi connectivity index (χ0v) is 7.29. The second kappa shape index (κ2) is 5.61. The molecule has 0 aliphatic carbocycles. The maximum atomic E-state index is 3.39. The highest BCUT2D eigenvalue weighted by atomic mass is 79.9. The van der Waals surface area contributed by atoms with Gasteiger partial charge in [0.25, 0.3) is 0 Å². The molecule has 0 saturated carbocycles. The molecule has 0 fully saturated rings. The Labute approximate surface area is 60.8 Å². The van der Waals surface area contributed by atoms with Crippen LogP contribution < -0.4 is 0 Å². The number of alkyl halides is 1. The van der Waals surface area contributed by atoms with E-state index in [1.165, 1.54) is 19.3 Å². The fourth-order valence-electron chi connectivity index (χ4n) is 0.573. The van der Waals surface area contributed by atoms with Crippen LogP contribution in [-0.2, 0) is 0 Å². The average molecular weight is 178 g/mol. The van der Waals surface area contributed by atoms with Gasteiger partial charge >= 0.3 is 0 Å². The van der Waals surface area contributed by atoms with Gasteiger partial charge in [0.15, 0.2) is 0 Å². The molecule has 0 bridgehead atoms. The molecule has 0 aromatic heterocycles. The summed E-state index contributed by atoms with van der Waals surface area (Å²) in [6.07, 6.45) is 3.95. The summed E-state index contributed by atoms with van der Waals surface area (Å²) < 4.78 is 0. The Balaban J connectivity index is 2.72. The second-order valence-corrected chi connectivity index (χ2v) is 3.15. The van der Waals surface area contributed by atoms with E-state index in [4.69, 9.17) is 0 Å². The summed E-state index contributed by atoms with van der Waals surface area (Å²) in [4.78, 5) is 0. The van der Waals surface area contributed by atoms with Crippen LogP contribution in [-0.4, -0.2) is 5.33 Å². The van der Waals surface area contributed by atoms with Crippen molar-refractivity contribution >= 4 is 15.9 Å². The van der Waals surface area contributed by atoms with Gasteiger partial charge in [0.1, 0.15) is 0 Å². The van der Waals surface area contributed by atoms with Crippen LogP contribution in [0.2, 0.25) is 0 Å². The van der Waals surface area contributed by atoms with Crippen LogP contribution in [0.1, 0.15) is 33.1 Å². The largest absolute Gasteiger partial charge is 0.0928 e. The molecule has 0 atom stereocenters. The topological polar surface area (TPSA) is 0 Å². The van der Waals surface area contributed by atoms with Gasteiger partial charge in [0, 0.05) is 5.33 Å². The summed E-state index contributed by atoms with van der Waals surface area (Å²) in [7, 11) is 0. The van der Waals surface area contributed by atoms with Gasteiger partial charge in [0.05, 0.1) is 0 Å². The van der Waals surface area contributed by atoms with Crippen LogP contribution >= 0.6 is 15.9 Å². The Hall–Kier alpha value is 0.480. The van der Waals surface area contributed by atoms with E-state index < -0.39 is 0 Å². The zero-order valence-electron chi connectivity index (χ0n) is 5.71. The van der Waals surface area contributed by atoms with Crippen molar-refractivity contribution in [3.05, 3.63) is 5.92 Å². The van der Waals surface area contributed by atoms with E-state index in [2.05, 4.69) is 29.8 Å². The molecule has 49 valence electrons. The molecule has 0 unspecified atom stereocenters. The minimum absolute atomic E-state index is 1.15. The lowest BCUT2D eigenvalue weighted by Gasteiger charge is -1.99. The van der Waals surface area contributed by atoms with Gasteiger partial charge in [0.2, 0.25) is 0 Å². The minimum atomic E-state index is 1.15. The van der Waals surface area contributed by atoms with E-state index in [-0.39, 0.29) is 0 Å². The van der Waals surface area contributed by atoms with Gasteiger partial charge < -0.3 is 0 Å². The third kappa shape index (κ3) is 6.48. The molecule has 0 nitrogen and oxygen atoms in total. The molecule has 0 aliphatic heterocycles. The Morgan fingerprint density at radius 3 is 2.25 bits per heavy atom. The van der Waals surface area contributed by atoms with Gasteiger partial charge in [-0.05, 0) is 18.8 Å². The van der Waals surface area contributed by atoms with Gasteiger partial charge in [-0.1, -0.05) is 36.2 Å². The predicted molar refractivity (Wildman–Crippen MR) is 42.2 cm³/mol. The van der Waals surface area contributed by atoms with E-state index in [9.17, 15) is 0 Å². The quantitative estimate of drug-likeness (QED) is 0.458. The van der Waals surface area contributed by atoms with Crippen LogP contribution in [0, 0.1) is 5.92 Å². The van der Waals surface area contributed by atoms with Crippen LogP contribution in [0.4, 0.5) is 0 Å². The summed E-state index contributed by atoms with van der Waals surface area (Å²) in [5, 5.41) is 1.15. The third-order valence-corrected chi connectivity index (χ3v) is 1.62. The van der Waals surface area contributed by atoms with Gasteiger partial charge in [-0.15, -0.1) is 0 Å².